The first kappa shape index (κ1) is 14.5. The van der Waals surface area contributed by atoms with Gasteiger partial charge in [0.2, 0.25) is 0 Å². The zero-order valence-corrected chi connectivity index (χ0v) is 12.2. The number of hydrogen-bond donors (Lipinski definition) is 1. The summed E-state index contributed by atoms with van der Waals surface area (Å²) in [5.74, 6) is -0.422. The number of aryl methyl sites for hydroxylation is 2. The predicted molar refractivity (Wildman–Crippen MR) is 76.3 cm³/mol. The van der Waals surface area contributed by atoms with Crippen molar-refractivity contribution in [3.05, 3.63) is 34.9 Å². The number of benzene rings is 1. The third-order valence-corrected chi connectivity index (χ3v) is 3.33. The van der Waals surface area contributed by atoms with Gasteiger partial charge in [-0.2, -0.15) is 5.10 Å². The molecule has 108 valence electrons. The molecule has 0 aliphatic heterocycles. The first-order valence-electron chi connectivity index (χ1n) is 6.59. The lowest BCUT2D eigenvalue weighted by atomic mass is 9.97. The Balaban J connectivity index is 2.70. The van der Waals surface area contributed by atoms with E-state index in [9.17, 15) is 8.78 Å². The minimum atomic E-state index is -0.615. The van der Waals surface area contributed by atoms with Crippen LogP contribution in [0.3, 0.4) is 0 Å². The highest BCUT2D eigenvalue weighted by Gasteiger charge is 2.23. The van der Waals surface area contributed by atoms with Gasteiger partial charge in [0.15, 0.2) is 0 Å². The largest absolute Gasteiger partial charge is 0.384 e. The fourth-order valence-corrected chi connectivity index (χ4v) is 2.26. The summed E-state index contributed by atoms with van der Waals surface area (Å²) in [6.45, 7) is 5.66. The Bertz CT molecular complexity index is 645. The van der Waals surface area contributed by atoms with Gasteiger partial charge in [-0.25, -0.2) is 8.78 Å². The van der Waals surface area contributed by atoms with Gasteiger partial charge >= 0.3 is 0 Å². The predicted octanol–water partition coefficient (Wildman–Crippen LogP) is 3.45. The van der Waals surface area contributed by atoms with Gasteiger partial charge < -0.3 is 5.73 Å². The molecule has 1 heterocycles. The monoisotopic (exact) mass is 279 g/mol. The summed E-state index contributed by atoms with van der Waals surface area (Å²) >= 11 is 0. The maximum atomic E-state index is 14.3. The summed E-state index contributed by atoms with van der Waals surface area (Å²) in [4.78, 5) is 0. The van der Waals surface area contributed by atoms with Crippen LogP contribution in [0.2, 0.25) is 0 Å². The van der Waals surface area contributed by atoms with Crippen LogP contribution in [0.4, 0.5) is 14.6 Å². The molecule has 3 nitrogen and oxygen atoms in total. The first-order chi connectivity index (χ1) is 9.32. The SMILES string of the molecule is Cc1ccc(F)c(-c2nn(C)c(N)c2CC(C)C)c1F. The second kappa shape index (κ2) is 5.23. The number of nitrogen functional groups attached to an aromatic ring is 1. The molecule has 0 atom stereocenters. The third kappa shape index (κ3) is 2.40. The molecule has 0 spiro atoms. The molecule has 5 heteroatoms. The normalized spacial score (nSPS) is 11.3. The summed E-state index contributed by atoms with van der Waals surface area (Å²) < 4.78 is 29.8. The Hall–Kier alpha value is -1.91. The summed E-state index contributed by atoms with van der Waals surface area (Å²) in [5.41, 5.74) is 7.29. The van der Waals surface area contributed by atoms with Crippen molar-refractivity contribution in [1.82, 2.24) is 9.78 Å². The van der Waals surface area contributed by atoms with Gasteiger partial charge in [0.1, 0.15) is 23.1 Å². The van der Waals surface area contributed by atoms with E-state index in [1.165, 1.54) is 16.8 Å². The summed E-state index contributed by atoms with van der Waals surface area (Å²) in [7, 11) is 1.67. The van der Waals surface area contributed by atoms with Crippen molar-refractivity contribution in [2.45, 2.75) is 27.2 Å². The van der Waals surface area contributed by atoms with Crippen LogP contribution in [0, 0.1) is 24.5 Å². The van der Waals surface area contributed by atoms with Gasteiger partial charge in [0, 0.05) is 12.6 Å². The standard InChI is InChI=1S/C15H19F2N3/c1-8(2)7-10-14(19-20(4)15(10)18)12-11(16)6-5-9(3)13(12)17/h5-6,8H,7,18H2,1-4H3. The number of rotatable bonds is 3. The van der Waals surface area contributed by atoms with E-state index in [4.69, 9.17) is 5.73 Å². The third-order valence-electron chi connectivity index (χ3n) is 3.33. The maximum Gasteiger partial charge on any atom is 0.138 e. The molecule has 0 bridgehead atoms. The van der Waals surface area contributed by atoms with Crippen molar-refractivity contribution in [2.24, 2.45) is 13.0 Å². The Labute approximate surface area is 117 Å². The van der Waals surface area contributed by atoms with Crippen molar-refractivity contribution >= 4 is 5.82 Å². The minimum Gasteiger partial charge on any atom is -0.384 e. The van der Waals surface area contributed by atoms with Crippen molar-refractivity contribution in [3.63, 3.8) is 0 Å². The van der Waals surface area contributed by atoms with E-state index in [2.05, 4.69) is 5.10 Å². The van der Waals surface area contributed by atoms with E-state index in [1.807, 2.05) is 13.8 Å². The van der Waals surface area contributed by atoms with Crippen molar-refractivity contribution < 1.29 is 8.78 Å². The number of aromatic nitrogens is 2. The fraction of sp³-hybridized carbons (Fsp3) is 0.400. The number of nitrogens with zero attached hydrogens (tertiary/aromatic N) is 2. The Morgan fingerprint density at radius 2 is 1.95 bits per heavy atom. The number of halogens is 2. The van der Waals surface area contributed by atoms with Crippen LogP contribution in [0.25, 0.3) is 11.3 Å². The molecule has 0 radical (unpaired) electrons. The molecule has 1 aromatic carbocycles. The van der Waals surface area contributed by atoms with Crippen molar-refractivity contribution in [1.29, 1.82) is 0 Å². The number of anilines is 1. The quantitative estimate of drug-likeness (QED) is 0.935. The molecular weight excluding hydrogens is 260 g/mol. The highest BCUT2D eigenvalue weighted by Crippen LogP contribution is 2.33. The number of hydrogen-bond acceptors (Lipinski definition) is 2. The lowest BCUT2D eigenvalue weighted by Crippen LogP contribution is -2.02. The second-order valence-electron chi connectivity index (χ2n) is 5.49. The van der Waals surface area contributed by atoms with Crippen LogP contribution in [0.1, 0.15) is 25.0 Å². The second-order valence-corrected chi connectivity index (χ2v) is 5.49. The molecule has 0 saturated carbocycles. The van der Waals surface area contributed by atoms with Crippen molar-refractivity contribution in [3.8, 4) is 11.3 Å². The van der Waals surface area contributed by atoms with E-state index in [0.29, 0.717) is 35.0 Å². The van der Waals surface area contributed by atoms with Gasteiger partial charge in [0.25, 0.3) is 0 Å². The Morgan fingerprint density at radius 1 is 1.30 bits per heavy atom. The van der Waals surface area contributed by atoms with Crippen LogP contribution in [0.5, 0.6) is 0 Å². The van der Waals surface area contributed by atoms with Gasteiger partial charge in [-0.05, 0) is 30.9 Å². The van der Waals surface area contributed by atoms with E-state index in [0.717, 1.165) is 0 Å². The van der Waals surface area contributed by atoms with E-state index < -0.39 is 11.6 Å². The van der Waals surface area contributed by atoms with Gasteiger partial charge in [-0.1, -0.05) is 19.9 Å². The van der Waals surface area contributed by atoms with Crippen LogP contribution >= 0.6 is 0 Å². The molecular formula is C15H19F2N3. The molecule has 0 amide bonds. The zero-order chi connectivity index (χ0) is 15.0. The minimum absolute atomic E-state index is 0.0899. The lowest BCUT2D eigenvalue weighted by Gasteiger charge is -2.09. The van der Waals surface area contributed by atoms with E-state index in [1.54, 1.807) is 14.0 Å². The average Bonchev–Trinajstić information content (AvgIpc) is 2.62. The van der Waals surface area contributed by atoms with Crippen LogP contribution < -0.4 is 5.73 Å². The molecule has 0 aliphatic carbocycles. The maximum absolute atomic E-state index is 14.3. The molecule has 20 heavy (non-hydrogen) atoms. The zero-order valence-electron chi connectivity index (χ0n) is 12.2. The molecule has 2 N–H and O–H groups in total. The molecule has 0 fully saturated rings. The molecule has 1 aromatic heterocycles. The molecule has 0 unspecified atom stereocenters. The highest BCUT2D eigenvalue weighted by atomic mass is 19.1. The van der Waals surface area contributed by atoms with Crippen LogP contribution in [-0.2, 0) is 13.5 Å². The van der Waals surface area contributed by atoms with Crippen molar-refractivity contribution in [2.75, 3.05) is 5.73 Å². The number of nitrogens with two attached hydrogens (primary N) is 1. The van der Waals surface area contributed by atoms with Crippen LogP contribution in [-0.4, -0.2) is 9.78 Å². The molecule has 0 aliphatic rings. The Kier molecular flexibility index (Phi) is 3.79. The summed E-state index contributed by atoms with van der Waals surface area (Å²) in [6.07, 6.45) is 0.627. The van der Waals surface area contributed by atoms with Gasteiger partial charge in [0.05, 0.1) is 5.56 Å². The average molecular weight is 279 g/mol. The summed E-state index contributed by atoms with van der Waals surface area (Å²) in [6, 6.07) is 2.68. The lowest BCUT2D eigenvalue weighted by molar-refractivity contribution is 0.581. The van der Waals surface area contributed by atoms with E-state index >= 15 is 0 Å². The fourth-order valence-electron chi connectivity index (χ4n) is 2.26. The highest BCUT2D eigenvalue weighted by molar-refractivity contribution is 5.70. The summed E-state index contributed by atoms with van der Waals surface area (Å²) in [5, 5.41) is 4.21. The van der Waals surface area contributed by atoms with E-state index in [-0.39, 0.29) is 5.56 Å². The molecule has 0 saturated heterocycles. The van der Waals surface area contributed by atoms with Crippen LogP contribution in [0.15, 0.2) is 12.1 Å². The first-order valence-corrected chi connectivity index (χ1v) is 6.59. The molecule has 2 rings (SSSR count). The smallest absolute Gasteiger partial charge is 0.138 e. The molecule has 2 aromatic rings. The topological polar surface area (TPSA) is 43.8 Å². The Morgan fingerprint density at radius 3 is 2.55 bits per heavy atom. The van der Waals surface area contributed by atoms with Gasteiger partial charge in [-0.3, -0.25) is 4.68 Å². The van der Waals surface area contributed by atoms with Gasteiger partial charge in [-0.15, -0.1) is 0 Å².